The number of carbonyl (C=O) groups excluding carboxylic acids is 1. The van der Waals surface area contributed by atoms with Gasteiger partial charge in [-0.15, -0.1) is 0 Å². The number of rotatable bonds is 3. The molecular formula is C10H11NO4. The fraction of sp³-hybridized carbons (Fsp3) is 0.200. The topological polar surface area (TPSA) is 86.6 Å². The van der Waals surface area contributed by atoms with Crippen molar-refractivity contribution in [3.05, 3.63) is 23.8 Å². The number of hydrogen-bond donors (Lipinski definition) is 3. The number of Topliss-reactive ketones (excluding diaryl/α,β-unsaturated/α-hetero) is 1. The summed E-state index contributed by atoms with van der Waals surface area (Å²) in [4.78, 5) is 21.9. The lowest BCUT2D eigenvalue weighted by atomic mass is 10.1. The number of carbonyl (C=O) groups is 2. The summed E-state index contributed by atoms with van der Waals surface area (Å²) in [6.07, 6.45) is -1.07. The highest BCUT2D eigenvalue weighted by atomic mass is 16.4. The maximum atomic E-state index is 11.4. The first kappa shape index (κ1) is 11.0. The van der Waals surface area contributed by atoms with Crippen LogP contribution in [-0.4, -0.2) is 22.1 Å². The molecule has 0 aliphatic heterocycles. The third kappa shape index (κ3) is 2.46. The lowest BCUT2D eigenvalue weighted by molar-refractivity contribution is 0.0986. The number of aromatic hydroxyl groups is 1. The van der Waals surface area contributed by atoms with Crippen molar-refractivity contribution in [3.8, 4) is 5.75 Å². The van der Waals surface area contributed by atoms with E-state index in [1.165, 1.54) is 18.2 Å². The van der Waals surface area contributed by atoms with Crippen molar-refractivity contribution in [2.45, 2.75) is 13.3 Å². The second kappa shape index (κ2) is 4.45. The third-order valence-corrected chi connectivity index (χ3v) is 1.88. The maximum absolute atomic E-state index is 11.4. The Kier molecular flexibility index (Phi) is 3.28. The third-order valence-electron chi connectivity index (χ3n) is 1.88. The molecule has 1 amide bonds. The van der Waals surface area contributed by atoms with Crippen LogP contribution < -0.4 is 5.32 Å². The fourth-order valence-corrected chi connectivity index (χ4v) is 1.23. The number of phenolic OH excluding ortho intramolecular Hbond substituents is 1. The summed E-state index contributed by atoms with van der Waals surface area (Å²) in [5.74, 6) is -0.523. The Morgan fingerprint density at radius 2 is 2.07 bits per heavy atom. The van der Waals surface area contributed by atoms with E-state index in [0.29, 0.717) is 0 Å². The van der Waals surface area contributed by atoms with E-state index in [0.717, 1.165) is 0 Å². The van der Waals surface area contributed by atoms with Crippen LogP contribution in [0.1, 0.15) is 23.7 Å². The molecule has 0 aliphatic rings. The molecule has 0 fully saturated rings. The van der Waals surface area contributed by atoms with Gasteiger partial charge in [-0.1, -0.05) is 13.0 Å². The summed E-state index contributed by atoms with van der Waals surface area (Å²) in [5, 5.41) is 20.0. The lowest BCUT2D eigenvalue weighted by Crippen LogP contribution is -2.11. The Morgan fingerprint density at radius 3 is 2.60 bits per heavy atom. The van der Waals surface area contributed by atoms with E-state index in [1.807, 2.05) is 0 Å². The van der Waals surface area contributed by atoms with E-state index in [-0.39, 0.29) is 29.2 Å². The van der Waals surface area contributed by atoms with Crippen molar-refractivity contribution < 1.29 is 19.8 Å². The molecule has 0 bridgehead atoms. The van der Waals surface area contributed by atoms with Crippen LogP contribution in [0.15, 0.2) is 18.2 Å². The normalized spacial score (nSPS) is 9.67. The molecule has 0 unspecified atom stereocenters. The van der Waals surface area contributed by atoms with E-state index in [2.05, 4.69) is 5.32 Å². The highest BCUT2D eigenvalue weighted by Gasteiger charge is 2.15. The van der Waals surface area contributed by atoms with E-state index < -0.39 is 6.09 Å². The van der Waals surface area contributed by atoms with Gasteiger partial charge in [-0.25, -0.2) is 4.79 Å². The number of nitrogens with one attached hydrogen (secondary N) is 1. The van der Waals surface area contributed by atoms with Gasteiger partial charge in [-0.2, -0.15) is 0 Å². The number of hydrogen-bond acceptors (Lipinski definition) is 3. The summed E-state index contributed by atoms with van der Waals surface area (Å²) in [6.45, 7) is 1.64. The summed E-state index contributed by atoms with van der Waals surface area (Å²) in [7, 11) is 0. The molecule has 0 aliphatic carbocycles. The van der Waals surface area contributed by atoms with Gasteiger partial charge in [-0.05, 0) is 12.1 Å². The first-order chi connectivity index (χ1) is 7.06. The van der Waals surface area contributed by atoms with E-state index in [4.69, 9.17) is 5.11 Å². The molecule has 1 aromatic rings. The molecule has 3 N–H and O–H groups in total. The van der Waals surface area contributed by atoms with Gasteiger partial charge in [0.1, 0.15) is 5.75 Å². The molecule has 5 nitrogen and oxygen atoms in total. The molecule has 0 radical (unpaired) electrons. The van der Waals surface area contributed by atoms with Crippen molar-refractivity contribution in [1.82, 2.24) is 0 Å². The number of benzene rings is 1. The van der Waals surface area contributed by atoms with Crippen LogP contribution in [0.5, 0.6) is 5.75 Å². The molecule has 0 aromatic heterocycles. The average molecular weight is 209 g/mol. The van der Waals surface area contributed by atoms with Crippen molar-refractivity contribution >= 4 is 17.6 Å². The Bertz CT molecular complexity index is 400. The van der Waals surface area contributed by atoms with Crippen LogP contribution in [-0.2, 0) is 0 Å². The molecule has 0 atom stereocenters. The molecule has 0 saturated carbocycles. The molecule has 0 spiro atoms. The summed E-state index contributed by atoms with van der Waals surface area (Å²) in [5.41, 5.74) is 0.122. The van der Waals surface area contributed by atoms with Crippen LogP contribution in [0, 0.1) is 0 Å². The molecule has 15 heavy (non-hydrogen) atoms. The zero-order valence-corrected chi connectivity index (χ0v) is 8.15. The van der Waals surface area contributed by atoms with Crippen molar-refractivity contribution in [3.63, 3.8) is 0 Å². The van der Waals surface area contributed by atoms with Crippen LogP contribution in [0.4, 0.5) is 10.5 Å². The predicted molar refractivity (Wildman–Crippen MR) is 54.4 cm³/mol. The number of ketones is 1. The Hall–Kier alpha value is -2.04. The van der Waals surface area contributed by atoms with Gasteiger partial charge in [0, 0.05) is 6.42 Å². The number of amides is 1. The highest BCUT2D eigenvalue weighted by Crippen LogP contribution is 2.26. The minimum absolute atomic E-state index is 0.0161. The van der Waals surface area contributed by atoms with Crippen LogP contribution in [0.25, 0.3) is 0 Å². The molecule has 0 heterocycles. The van der Waals surface area contributed by atoms with Crippen LogP contribution in [0.3, 0.4) is 0 Å². The molecule has 1 aromatic carbocycles. The zero-order valence-electron chi connectivity index (χ0n) is 8.15. The smallest absolute Gasteiger partial charge is 0.409 e. The van der Waals surface area contributed by atoms with Crippen LogP contribution >= 0.6 is 0 Å². The number of anilines is 1. The first-order valence-electron chi connectivity index (χ1n) is 4.41. The van der Waals surface area contributed by atoms with Crippen molar-refractivity contribution in [2.75, 3.05) is 5.32 Å². The molecule has 0 saturated heterocycles. The van der Waals surface area contributed by atoms with E-state index >= 15 is 0 Å². The summed E-state index contributed by atoms with van der Waals surface area (Å²) < 4.78 is 0. The van der Waals surface area contributed by atoms with Gasteiger partial charge in [0.15, 0.2) is 5.78 Å². The minimum Gasteiger partial charge on any atom is -0.507 e. The summed E-state index contributed by atoms with van der Waals surface area (Å²) in [6, 6.07) is 4.24. The number of carboxylic acid groups (broad SMARTS) is 1. The van der Waals surface area contributed by atoms with Gasteiger partial charge < -0.3 is 10.2 Å². The van der Waals surface area contributed by atoms with Gasteiger partial charge in [0.25, 0.3) is 0 Å². The minimum atomic E-state index is -1.27. The number of phenols is 1. The average Bonchev–Trinajstić information content (AvgIpc) is 2.16. The van der Waals surface area contributed by atoms with Gasteiger partial charge in [0.05, 0.1) is 11.3 Å². The Morgan fingerprint density at radius 1 is 1.40 bits per heavy atom. The lowest BCUT2D eigenvalue weighted by Gasteiger charge is -2.08. The van der Waals surface area contributed by atoms with Gasteiger partial charge >= 0.3 is 6.09 Å². The zero-order chi connectivity index (χ0) is 11.4. The standard InChI is InChI=1S/C10H11NO4/c1-2-7(12)9-6(11-10(14)15)4-3-5-8(9)13/h3-5,11,13H,2H2,1H3,(H,14,15). The fourth-order valence-electron chi connectivity index (χ4n) is 1.23. The first-order valence-corrected chi connectivity index (χ1v) is 4.41. The second-order valence-electron chi connectivity index (χ2n) is 2.91. The van der Waals surface area contributed by atoms with E-state index in [9.17, 15) is 14.7 Å². The van der Waals surface area contributed by atoms with Crippen molar-refractivity contribution in [2.24, 2.45) is 0 Å². The van der Waals surface area contributed by atoms with E-state index in [1.54, 1.807) is 6.92 Å². The van der Waals surface area contributed by atoms with Gasteiger partial charge in [-0.3, -0.25) is 10.1 Å². The Balaban J connectivity index is 3.20. The largest absolute Gasteiger partial charge is 0.507 e. The van der Waals surface area contributed by atoms with Crippen molar-refractivity contribution in [1.29, 1.82) is 0 Å². The molecule has 1 rings (SSSR count). The second-order valence-corrected chi connectivity index (χ2v) is 2.91. The maximum Gasteiger partial charge on any atom is 0.409 e. The van der Waals surface area contributed by atoms with Crippen LogP contribution in [0.2, 0.25) is 0 Å². The monoisotopic (exact) mass is 209 g/mol. The molecule has 5 heteroatoms. The molecular weight excluding hydrogens is 198 g/mol. The SMILES string of the molecule is CCC(=O)c1c(O)cccc1NC(=O)O. The quantitative estimate of drug-likeness (QED) is 0.665. The predicted octanol–water partition coefficient (Wildman–Crippen LogP) is 2.07. The Labute approximate surface area is 86.4 Å². The highest BCUT2D eigenvalue weighted by molar-refractivity contribution is 6.05. The summed E-state index contributed by atoms with van der Waals surface area (Å²) >= 11 is 0. The van der Waals surface area contributed by atoms with Gasteiger partial charge in [0.2, 0.25) is 0 Å². The molecule has 80 valence electrons.